The van der Waals surface area contributed by atoms with Gasteiger partial charge in [0.25, 0.3) is 5.91 Å². The number of hydrogen-bond acceptors (Lipinski definition) is 11. The highest BCUT2D eigenvalue weighted by molar-refractivity contribution is 7.89. The van der Waals surface area contributed by atoms with E-state index in [1.54, 1.807) is 13.2 Å². The van der Waals surface area contributed by atoms with Crippen molar-refractivity contribution in [2.24, 2.45) is 17.3 Å². The number of benzene rings is 1. The standard InChI is InChI=1S/C40H55N5O10S/c1-8-26-20-40(26,37(48)44-56(7,50)51)43-35(46)30-17-27-21-45(30)36(47)34(24-12-9-10-13-24)42-38(49)53-22-39(4,5)15-11-14-25-16-28-29(18-31(25)52-6)41-33(54-23(2)3)19-32(28)55-27/h8,16,18-19,23-24,26-27,30,34H,1,9-15,17,20-22H2,2-7H3,(H,42,49)(H,43,46)(H,44,48)/t26-,27-,30+,34+,40-/m1/s1. The smallest absolute Gasteiger partial charge is 0.407 e. The molecule has 56 heavy (non-hydrogen) atoms. The van der Waals surface area contributed by atoms with E-state index in [1.165, 1.54) is 11.0 Å². The van der Waals surface area contributed by atoms with E-state index in [9.17, 15) is 27.6 Å². The first kappa shape index (κ1) is 41.0. The van der Waals surface area contributed by atoms with Crippen LogP contribution in [0.1, 0.15) is 84.6 Å². The summed E-state index contributed by atoms with van der Waals surface area (Å²) in [7, 11) is -2.34. The van der Waals surface area contributed by atoms with Gasteiger partial charge in [0.05, 0.1) is 38.1 Å². The van der Waals surface area contributed by atoms with Gasteiger partial charge < -0.3 is 34.5 Å². The number of sulfonamides is 1. The van der Waals surface area contributed by atoms with E-state index in [0.29, 0.717) is 47.5 Å². The maximum Gasteiger partial charge on any atom is 0.407 e. The quantitative estimate of drug-likeness (QED) is 0.309. The summed E-state index contributed by atoms with van der Waals surface area (Å²) >= 11 is 0. The largest absolute Gasteiger partial charge is 0.496 e. The summed E-state index contributed by atoms with van der Waals surface area (Å²) in [5.74, 6) is -1.31. The van der Waals surface area contributed by atoms with E-state index >= 15 is 0 Å². The first-order chi connectivity index (χ1) is 26.4. The van der Waals surface area contributed by atoms with Crippen LogP contribution in [0.15, 0.2) is 30.9 Å². The second-order valence-electron chi connectivity index (χ2n) is 16.8. The predicted molar refractivity (Wildman–Crippen MR) is 208 cm³/mol. The van der Waals surface area contributed by atoms with Crippen LogP contribution in [0.3, 0.4) is 0 Å². The first-order valence-corrected chi connectivity index (χ1v) is 21.4. The molecule has 4 aliphatic rings. The van der Waals surface area contributed by atoms with E-state index in [-0.39, 0.29) is 43.4 Å². The number of methoxy groups -OCH3 is 1. The summed E-state index contributed by atoms with van der Waals surface area (Å²) < 4.78 is 50.4. The summed E-state index contributed by atoms with van der Waals surface area (Å²) in [6, 6.07) is 3.43. The Morgan fingerprint density at radius 2 is 1.88 bits per heavy atom. The number of carbonyl (C=O) groups excluding carboxylic acids is 4. The van der Waals surface area contributed by atoms with Gasteiger partial charge in [0.15, 0.2) is 0 Å². The molecule has 2 saturated carbocycles. The van der Waals surface area contributed by atoms with Crippen molar-refractivity contribution in [3.05, 3.63) is 36.4 Å². The van der Waals surface area contributed by atoms with E-state index in [0.717, 1.165) is 37.5 Å². The molecule has 5 atom stereocenters. The fourth-order valence-electron chi connectivity index (χ4n) is 8.29. The Hall–Kier alpha value is -4.60. The number of nitrogens with zero attached hydrogens (tertiary/aromatic N) is 2. The molecular weight excluding hydrogens is 743 g/mol. The second kappa shape index (κ2) is 16.1. The van der Waals surface area contributed by atoms with Crippen molar-refractivity contribution < 1.29 is 46.5 Å². The van der Waals surface area contributed by atoms with Gasteiger partial charge in [-0.1, -0.05) is 32.8 Å². The number of rotatable bonds is 9. The van der Waals surface area contributed by atoms with E-state index in [2.05, 4.69) is 17.2 Å². The van der Waals surface area contributed by atoms with Gasteiger partial charge in [0, 0.05) is 29.9 Å². The van der Waals surface area contributed by atoms with Crippen LogP contribution in [-0.2, 0) is 35.6 Å². The maximum absolute atomic E-state index is 14.8. The van der Waals surface area contributed by atoms with Gasteiger partial charge in [0.2, 0.25) is 27.7 Å². The molecule has 1 aromatic carbocycles. The van der Waals surface area contributed by atoms with Gasteiger partial charge >= 0.3 is 6.09 Å². The summed E-state index contributed by atoms with van der Waals surface area (Å²) in [5, 5.41) is 6.36. The lowest BCUT2D eigenvalue weighted by molar-refractivity contribution is -0.142. The Kier molecular flexibility index (Phi) is 11.8. The van der Waals surface area contributed by atoms with Crippen molar-refractivity contribution in [1.82, 2.24) is 25.2 Å². The molecular formula is C40H55N5O10S. The molecule has 2 aromatic rings. The lowest BCUT2D eigenvalue weighted by Crippen LogP contribution is -2.59. The molecule has 6 rings (SSSR count). The minimum atomic E-state index is -3.95. The van der Waals surface area contributed by atoms with Crippen molar-refractivity contribution in [2.75, 3.05) is 26.5 Å². The number of aryl methyl sites for hydroxylation is 1. The van der Waals surface area contributed by atoms with Crippen LogP contribution in [0.5, 0.6) is 17.4 Å². The van der Waals surface area contributed by atoms with Crippen LogP contribution in [-0.4, -0.2) is 98.5 Å². The van der Waals surface area contributed by atoms with Gasteiger partial charge in [-0.15, -0.1) is 6.58 Å². The lowest BCUT2D eigenvalue weighted by atomic mass is 9.87. The van der Waals surface area contributed by atoms with Gasteiger partial charge in [-0.05, 0) is 75.3 Å². The number of alkyl carbamates (subject to hydrolysis) is 1. The summed E-state index contributed by atoms with van der Waals surface area (Å²) in [6.45, 7) is 11.7. The van der Waals surface area contributed by atoms with Crippen molar-refractivity contribution >= 4 is 44.7 Å². The number of amides is 4. The monoisotopic (exact) mass is 797 g/mol. The zero-order chi connectivity index (χ0) is 40.6. The predicted octanol–water partition coefficient (Wildman–Crippen LogP) is 4.16. The van der Waals surface area contributed by atoms with Crippen LogP contribution in [0.25, 0.3) is 10.9 Å². The first-order valence-electron chi connectivity index (χ1n) is 19.5. The topological polar surface area (TPSA) is 192 Å². The number of hydrogen-bond donors (Lipinski definition) is 3. The normalized spacial score (nSPS) is 27.1. The third kappa shape index (κ3) is 9.16. The molecule has 16 heteroatoms. The fraction of sp³-hybridized carbons (Fsp3) is 0.625. The Balaban J connectivity index is 1.42. The number of aromatic nitrogens is 1. The maximum atomic E-state index is 14.8. The van der Waals surface area contributed by atoms with Gasteiger partial charge in [0.1, 0.15) is 35.2 Å². The Morgan fingerprint density at radius 3 is 2.52 bits per heavy atom. The van der Waals surface area contributed by atoms with Crippen LogP contribution in [0.2, 0.25) is 0 Å². The molecule has 3 heterocycles. The van der Waals surface area contributed by atoms with Crippen molar-refractivity contribution in [1.29, 1.82) is 0 Å². The number of pyridine rings is 1. The van der Waals surface area contributed by atoms with Crippen LogP contribution < -0.4 is 29.6 Å². The zero-order valence-corrected chi connectivity index (χ0v) is 34.0. The molecule has 15 nitrogen and oxygen atoms in total. The molecule has 306 valence electrons. The Labute approximate surface area is 328 Å². The van der Waals surface area contributed by atoms with E-state index in [4.69, 9.17) is 23.9 Å². The average molecular weight is 798 g/mol. The SMILES string of the molecule is C=C[C@@H]1C[C@]1(NC(=O)[C@@H]1C[C@@H]2CN1C(=O)[C@H](C1CCCC1)NC(=O)OCC(C)(C)CCCc1cc3c(cc(OC(C)C)nc3cc1OC)O2)C(=O)NS(C)(=O)=O. The van der Waals surface area contributed by atoms with Crippen LogP contribution >= 0.6 is 0 Å². The van der Waals surface area contributed by atoms with Crippen molar-refractivity contribution in [3.63, 3.8) is 0 Å². The lowest BCUT2D eigenvalue weighted by Gasteiger charge is -2.32. The molecule has 3 N–H and O–H groups in total. The number of ether oxygens (including phenoxy) is 4. The molecule has 2 aliphatic carbocycles. The van der Waals surface area contributed by atoms with Crippen LogP contribution in [0, 0.1) is 17.3 Å². The molecule has 1 saturated heterocycles. The van der Waals surface area contributed by atoms with Gasteiger partial charge in [-0.2, -0.15) is 0 Å². The number of carbonyl (C=O) groups is 4. The average Bonchev–Trinajstić information content (AvgIpc) is 3.40. The third-order valence-corrected chi connectivity index (χ3v) is 11.8. The molecule has 1 aromatic heterocycles. The molecule has 4 amide bonds. The highest BCUT2D eigenvalue weighted by Crippen LogP contribution is 2.45. The highest BCUT2D eigenvalue weighted by atomic mass is 32.2. The van der Waals surface area contributed by atoms with Crippen LogP contribution in [0.4, 0.5) is 4.79 Å². The van der Waals surface area contributed by atoms with Crippen molar-refractivity contribution in [3.8, 4) is 17.4 Å². The number of nitrogens with one attached hydrogen (secondary N) is 3. The number of cyclic esters (lactones) is 1. The zero-order valence-electron chi connectivity index (χ0n) is 33.1. The summed E-state index contributed by atoms with van der Waals surface area (Å²) in [5.41, 5.74) is -0.440. The van der Waals surface area contributed by atoms with E-state index < -0.39 is 63.5 Å². The number of fused-ring (bicyclic) bond motifs is 3. The second-order valence-corrected chi connectivity index (χ2v) is 18.5. The minimum absolute atomic E-state index is 0.0233. The van der Waals surface area contributed by atoms with Gasteiger partial charge in [-0.3, -0.25) is 19.1 Å². The molecule has 3 fully saturated rings. The Morgan fingerprint density at radius 1 is 1.14 bits per heavy atom. The van der Waals surface area contributed by atoms with Gasteiger partial charge in [-0.25, -0.2) is 18.2 Å². The summed E-state index contributed by atoms with van der Waals surface area (Å²) in [4.78, 5) is 62.1. The molecule has 4 bridgehead atoms. The molecule has 0 spiro atoms. The fourth-order valence-corrected chi connectivity index (χ4v) is 8.81. The third-order valence-electron chi connectivity index (χ3n) is 11.3. The molecule has 0 unspecified atom stereocenters. The highest BCUT2D eigenvalue weighted by Gasteiger charge is 2.61. The van der Waals surface area contributed by atoms with Crippen molar-refractivity contribution in [2.45, 2.75) is 115 Å². The van der Waals surface area contributed by atoms with E-state index in [1.807, 2.05) is 44.5 Å². The Bertz CT molecular complexity index is 1980. The molecule has 2 aliphatic heterocycles. The minimum Gasteiger partial charge on any atom is -0.496 e. The molecule has 0 radical (unpaired) electrons. The summed E-state index contributed by atoms with van der Waals surface area (Å²) in [6.07, 6.45) is 6.23.